The molecule has 1 aromatic rings. The molecule has 14 heavy (non-hydrogen) atoms. The van der Waals surface area contributed by atoms with Crippen LogP contribution in [0.5, 0.6) is 0 Å². The normalized spacial score (nSPS) is 12.5. The number of halogens is 2. The van der Waals surface area contributed by atoms with Gasteiger partial charge < -0.3 is 10.2 Å². The highest BCUT2D eigenvalue weighted by molar-refractivity contribution is 9.11. The summed E-state index contributed by atoms with van der Waals surface area (Å²) in [6, 6.07) is 5.39. The predicted octanol–water partition coefficient (Wildman–Crippen LogP) is 2.20. The SMILES string of the molecule is O=C(O)C(O)Cc1cc(Br)cc(Br)c1. The molecule has 0 amide bonds. The molecule has 3 nitrogen and oxygen atoms in total. The van der Waals surface area contributed by atoms with Gasteiger partial charge in [-0.15, -0.1) is 0 Å². The Morgan fingerprint density at radius 3 is 2.21 bits per heavy atom. The van der Waals surface area contributed by atoms with Crippen molar-refractivity contribution in [1.82, 2.24) is 0 Å². The standard InChI is InChI=1S/C9H8Br2O3/c10-6-1-5(2-7(11)4-6)3-8(12)9(13)14/h1-2,4,8,12H,3H2,(H,13,14). The molecule has 0 saturated carbocycles. The van der Waals surface area contributed by atoms with Gasteiger partial charge in [0.25, 0.3) is 0 Å². The summed E-state index contributed by atoms with van der Waals surface area (Å²) in [6.07, 6.45) is -1.25. The molecule has 0 aliphatic heterocycles. The fourth-order valence-corrected chi connectivity index (χ4v) is 2.43. The lowest BCUT2D eigenvalue weighted by Crippen LogP contribution is -2.21. The van der Waals surface area contributed by atoms with Crippen LogP contribution >= 0.6 is 31.9 Å². The summed E-state index contributed by atoms with van der Waals surface area (Å²) in [5, 5.41) is 17.6. The Balaban J connectivity index is 2.81. The van der Waals surface area contributed by atoms with Crippen molar-refractivity contribution >= 4 is 37.8 Å². The number of carboxylic acids is 1. The first-order chi connectivity index (χ1) is 6.49. The zero-order valence-corrected chi connectivity index (χ0v) is 10.2. The number of aliphatic hydroxyl groups is 1. The lowest BCUT2D eigenvalue weighted by atomic mass is 10.1. The van der Waals surface area contributed by atoms with Gasteiger partial charge in [-0.05, 0) is 23.8 Å². The van der Waals surface area contributed by atoms with Gasteiger partial charge >= 0.3 is 5.97 Å². The summed E-state index contributed by atoms with van der Waals surface area (Å²) >= 11 is 6.56. The Bertz CT molecular complexity index is 332. The van der Waals surface area contributed by atoms with Gasteiger partial charge in [-0.3, -0.25) is 0 Å². The molecule has 5 heteroatoms. The molecule has 0 bridgehead atoms. The van der Waals surface area contributed by atoms with E-state index in [0.717, 1.165) is 14.5 Å². The third-order valence-corrected chi connectivity index (χ3v) is 2.55. The van der Waals surface area contributed by atoms with E-state index >= 15 is 0 Å². The molecule has 0 radical (unpaired) electrons. The molecule has 0 heterocycles. The first-order valence-electron chi connectivity index (χ1n) is 3.85. The topological polar surface area (TPSA) is 57.5 Å². The third kappa shape index (κ3) is 3.40. The number of benzene rings is 1. The molecule has 0 saturated heterocycles. The second kappa shape index (κ2) is 4.91. The van der Waals surface area contributed by atoms with E-state index in [2.05, 4.69) is 31.9 Å². The highest BCUT2D eigenvalue weighted by Crippen LogP contribution is 2.20. The van der Waals surface area contributed by atoms with Crippen LogP contribution in [0.1, 0.15) is 5.56 Å². The van der Waals surface area contributed by atoms with Gasteiger partial charge in [0.15, 0.2) is 6.10 Å². The van der Waals surface area contributed by atoms with Crippen LogP contribution in [0.3, 0.4) is 0 Å². The van der Waals surface area contributed by atoms with Crippen molar-refractivity contribution in [2.45, 2.75) is 12.5 Å². The zero-order valence-electron chi connectivity index (χ0n) is 7.08. The molecular formula is C9H8Br2O3. The summed E-state index contributed by atoms with van der Waals surface area (Å²) < 4.78 is 1.69. The number of aliphatic carboxylic acids is 1. The summed E-state index contributed by atoms with van der Waals surface area (Å²) in [4.78, 5) is 10.4. The van der Waals surface area contributed by atoms with Crippen LogP contribution < -0.4 is 0 Å². The van der Waals surface area contributed by atoms with Crippen LogP contribution in [0.4, 0.5) is 0 Å². The van der Waals surface area contributed by atoms with Gasteiger partial charge in [0, 0.05) is 15.4 Å². The van der Waals surface area contributed by atoms with Crippen molar-refractivity contribution in [3.63, 3.8) is 0 Å². The molecular weight excluding hydrogens is 316 g/mol. The van der Waals surface area contributed by atoms with Gasteiger partial charge in [-0.1, -0.05) is 31.9 Å². The van der Waals surface area contributed by atoms with E-state index in [1.165, 1.54) is 0 Å². The Morgan fingerprint density at radius 1 is 1.29 bits per heavy atom. The average Bonchev–Trinajstić information content (AvgIpc) is 2.01. The molecule has 0 aliphatic rings. The maximum Gasteiger partial charge on any atom is 0.332 e. The minimum Gasteiger partial charge on any atom is -0.479 e. The van der Waals surface area contributed by atoms with Gasteiger partial charge in [0.2, 0.25) is 0 Å². The number of aliphatic hydroxyl groups excluding tert-OH is 1. The Labute approximate surface area is 98.0 Å². The first kappa shape index (κ1) is 11.7. The van der Waals surface area contributed by atoms with E-state index in [0.29, 0.717) is 0 Å². The summed E-state index contributed by atoms with van der Waals surface area (Å²) in [5.41, 5.74) is 0.765. The van der Waals surface area contributed by atoms with Crippen LogP contribution in [0.25, 0.3) is 0 Å². The zero-order chi connectivity index (χ0) is 10.7. The van der Waals surface area contributed by atoms with E-state index in [1.54, 1.807) is 12.1 Å². The fraction of sp³-hybridized carbons (Fsp3) is 0.222. The number of carboxylic acid groups (broad SMARTS) is 1. The first-order valence-corrected chi connectivity index (χ1v) is 5.43. The van der Waals surface area contributed by atoms with Crippen molar-refractivity contribution in [2.24, 2.45) is 0 Å². The molecule has 2 N–H and O–H groups in total. The molecule has 1 rings (SSSR count). The second-order valence-electron chi connectivity index (χ2n) is 2.84. The lowest BCUT2D eigenvalue weighted by molar-refractivity contribution is -0.146. The fourth-order valence-electron chi connectivity index (χ4n) is 1.04. The molecule has 0 aromatic heterocycles. The Kier molecular flexibility index (Phi) is 4.10. The average molecular weight is 324 g/mol. The maximum absolute atomic E-state index is 10.4. The smallest absolute Gasteiger partial charge is 0.332 e. The minimum atomic E-state index is -1.35. The van der Waals surface area contributed by atoms with Crippen molar-refractivity contribution in [1.29, 1.82) is 0 Å². The van der Waals surface area contributed by atoms with E-state index in [9.17, 15) is 4.79 Å². The third-order valence-electron chi connectivity index (χ3n) is 1.64. The van der Waals surface area contributed by atoms with E-state index in [4.69, 9.17) is 10.2 Å². The quantitative estimate of drug-likeness (QED) is 0.896. The number of hydrogen-bond acceptors (Lipinski definition) is 2. The highest BCUT2D eigenvalue weighted by atomic mass is 79.9. The molecule has 0 spiro atoms. The van der Waals surface area contributed by atoms with E-state index in [1.807, 2.05) is 6.07 Å². The molecule has 0 aliphatic carbocycles. The van der Waals surface area contributed by atoms with Crippen molar-refractivity contribution in [2.75, 3.05) is 0 Å². The van der Waals surface area contributed by atoms with Gasteiger partial charge in [-0.2, -0.15) is 0 Å². The Hall–Kier alpha value is -0.390. The largest absolute Gasteiger partial charge is 0.479 e. The maximum atomic E-state index is 10.4. The predicted molar refractivity (Wildman–Crippen MR) is 59.2 cm³/mol. The monoisotopic (exact) mass is 322 g/mol. The summed E-state index contributed by atoms with van der Waals surface area (Å²) in [5.74, 6) is -1.21. The summed E-state index contributed by atoms with van der Waals surface area (Å²) in [7, 11) is 0. The van der Waals surface area contributed by atoms with Gasteiger partial charge in [0.1, 0.15) is 0 Å². The molecule has 0 fully saturated rings. The number of hydrogen-bond donors (Lipinski definition) is 2. The lowest BCUT2D eigenvalue weighted by Gasteiger charge is -2.06. The Morgan fingerprint density at radius 2 is 1.79 bits per heavy atom. The van der Waals surface area contributed by atoms with Crippen molar-refractivity contribution in [3.05, 3.63) is 32.7 Å². The summed E-state index contributed by atoms with van der Waals surface area (Å²) in [6.45, 7) is 0. The van der Waals surface area contributed by atoms with Gasteiger partial charge in [0.05, 0.1) is 0 Å². The van der Waals surface area contributed by atoms with Gasteiger partial charge in [-0.25, -0.2) is 4.79 Å². The van der Waals surface area contributed by atoms with Crippen LogP contribution in [-0.4, -0.2) is 22.3 Å². The van der Waals surface area contributed by atoms with Crippen LogP contribution in [0.15, 0.2) is 27.1 Å². The van der Waals surface area contributed by atoms with Crippen molar-refractivity contribution < 1.29 is 15.0 Å². The van der Waals surface area contributed by atoms with Crippen LogP contribution in [-0.2, 0) is 11.2 Å². The minimum absolute atomic E-state index is 0.105. The molecule has 1 aromatic carbocycles. The van der Waals surface area contributed by atoms with Crippen LogP contribution in [0.2, 0.25) is 0 Å². The van der Waals surface area contributed by atoms with Crippen molar-refractivity contribution in [3.8, 4) is 0 Å². The second-order valence-corrected chi connectivity index (χ2v) is 4.67. The molecule has 76 valence electrons. The number of carbonyl (C=O) groups is 1. The molecule has 1 atom stereocenters. The van der Waals surface area contributed by atoms with Crippen LogP contribution in [0, 0.1) is 0 Å². The number of rotatable bonds is 3. The van der Waals surface area contributed by atoms with E-state index in [-0.39, 0.29) is 6.42 Å². The molecule has 1 unspecified atom stereocenters. The van der Waals surface area contributed by atoms with E-state index < -0.39 is 12.1 Å². The highest BCUT2D eigenvalue weighted by Gasteiger charge is 2.13.